The van der Waals surface area contributed by atoms with Gasteiger partial charge in [-0.05, 0) is 41.9 Å². The average molecular weight is 299 g/mol. The van der Waals surface area contributed by atoms with Gasteiger partial charge in [-0.15, -0.1) is 0 Å². The molecule has 118 valence electrons. The van der Waals surface area contributed by atoms with Crippen LogP contribution in [0, 0.1) is 11.8 Å². The highest BCUT2D eigenvalue weighted by molar-refractivity contribution is 5.80. The first kappa shape index (κ1) is 15.3. The van der Waals surface area contributed by atoms with Crippen LogP contribution in [0.5, 0.6) is 0 Å². The van der Waals surface area contributed by atoms with Gasteiger partial charge in [0.2, 0.25) is 0 Å². The summed E-state index contributed by atoms with van der Waals surface area (Å²) in [6.07, 6.45) is 2.25. The zero-order chi connectivity index (χ0) is 15.7. The van der Waals surface area contributed by atoms with Crippen molar-refractivity contribution < 1.29 is 4.42 Å². The van der Waals surface area contributed by atoms with Gasteiger partial charge < -0.3 is 4.42 Å². The van der Waals surface area contributed by atoms with E-state index in [2.05, 4.69) is 37.8 Å². The van der Waals surface area contributed by atoms with Crippen molar-refractivity contribution >= 4 is 11.0 Å². The first-order valence-corrected chi connectivity index (χ1v) is 8.33. The quantitative estimate of drug-likeness (QED) is 0.808. The molecule has 0 saturated carbocycles. The van der Waals surface area contributed by atoms with Crippen LogP contribution in [-0.4, -0.2) is 18.0 Å². The molecule has 3 rings (SSSR count). The summed E-state index contributed by atoms with van der Waals surface area (Å²) in [6.45, 7) is 9.79. The first-order chi connectivity index (χ1) is 10.5. The zero-order valence-corrected chi connectivity index (χ0v) is 13.8. The lowest BCUT2D eigenvalue weighted by Gasteiger charge is -2.35. The molecule has 1 aromatic carbocycles. The second-order valence-electron chi connectivity index (χ2n) is 6.91. The summed E-state index contributed by atoms with van der Waals surface area (Å²) in [5.41, 5.74) is 2.78. The Morgan fingerprint density at radius 2 is 1.91 bits per heavy atom. The Kier molecular flexibility index (Phi) is 4.34. The largest absolute Gasteiger partial charge is 0.423 e. The number of piperidine rings is 1. The fourth-order valence-electron chi connectivity index (χ4n) is 3.79. The lowest BCUT2D eigenvalue weighted by atomic mass is 9.91. The van der Waals surface area contributed by atoms with Gasteiger partial charge in [-0.2, -0.15) is 0 Å². The van der Waals surface area contributed by atoms with E-state index in [9.17, 15) is 4.79 Å². The number of rotatable bonds is 3. The number of benzene rings is 1. The maximum atomic E-state index is 11.9. The predicted octanol–water partition coefficient (Wildman–Crippen LogP) is 3.83. The first-order valence-electron chi connectivity index (χ1n) is 8.33. The van der Waals surface area contributed by atoms with Crippen molar-refractivity contribution in [2.24, 2.45) is 11.8 Å². The summed E-state index contributed by atoms with van der Waals surface area (Å²) in [7, 11) is 0. The van der Waals surface area contributed by atoms with Crippen molar-refractivity contribution in [3.63, 3.8) is 0 Å². The Hall–Kier alpha value is -1.61. The van der Waals surface area contributed by atoms with Crippen LogP contribution in [0.3, 0.4) is 0 Å². The number of likely N-dealkylation sites (tertiary alicyclic amines) is 1. The maximum Gasteiger partial charge on any atom is 0.336 e. The minimum atomic E-state index is -0.242. The van der Waals surface area contributed by atoms with E-state index < -0.39 is 0 Å². The summed E-state index contributed by atoms with van der Waals surface area (Å²) in [4.78, 5) is 14.4. The Balaban J connectivity index is 1.94. The molecule has 0 radical (unpaired) electrons. The molecule has 2 heterocycles. The highest BCUT2D eigenvalue weighted by Gasteiger charge is 2.22. The summed E-state index contributed by atoms with van der Waals surface area (Å²) in [6, 6.07) is 7.90. The van der Waals surface area contributed by atoms with E-state index in [1.807, 2.05) is 6.07 Å². The van der Waals surface area contributed by atoms with Gasteiger partial charge in [0, 0.05) is 31.1 Å². The molecule has 0 bridgehead atoms. The molecule has 1 fully saturated rings. The van der Waals surface area contributed by atoms with Crippen molar-refractivity contribution in [1.82, 2.24) is 4.90 Å². The third kappa shape index (κ3) is 3.25. The number of nitrogens with zero attached hydrogens (tertiary/aromatic N) is 1. The zero-order valence-electron chi connectivity index (χ0n) is 13.8. The van der Waals surface area contributed by atoms with E-state index in [-0.39, 0.29) is 5.63 Å². The predicted molar refractivity (Wildman–Crippen MR) is 90.1 cm³/mol. The van der Waals surface area contributed by atoms with Crippen molar-refractivity contribution in [2.75, 3.05) is 13.1 Å². The molecule has 0 amide bonds. The molecule has 2 atom stereocenters. The molecule has 1 aromatic heterocycles. The summed E-state index contributed by atoms with van der Waals surface area (Å²) < 4.78 is 5.40. The Morgan fingerprint density at radius 1 is 1.18 bits per heavy atom. The second-order valence-corrected chi connectivity index (χ2v) is 6.91. The topological polar surface area (TPSA) is 33.5 Å². The van der Waals surface area contributed by atoms with Crippen LogP contribution >= 0.6 is 0 Å². The van der Waals surface area contributed by atoms with Crippen LogP contribution in [0.4, 0.5) is 0 Å². The number of hydrogen-bond donors (Lipinski definition) is 0. The molecule has 1 aliphatic rings. The van der Waals surface area contributed by atoms with Crippen molar-refractivity contribution in [3.05, 3.63) is 45.8 Å². The smallest absolute Gasteiger partial charge is 0.336 e. The van der Waals surface area contributed by atoms with Crippen molar-refractivity contribution in [1.29, 1.82) is 0 Å². The minimum absolute atomic E-state index is 0.242. The van der Waals surface area contributed by atoms with E-state index in [1.54, 1.807) is 6.07 Å². The highest BCUT2D eigenvalue weighted by atomic mass is 16.4. The Morgan fingerprint density at radius 3 is 2.59 bits per heavy atom. The third-order valence-corrected chi connectivity index (χ3v) is 4.64. The Bertz CT molecular complexity index is 709. The van der Waals surface area contributed by atoms with Gasteiger partial charge >= 0.3 is 5.63 Å². The molecule has 0 spiro atoms. The fraction of sp³-hybridized carbons (Fsp3) is 0.526. The van der Waals surface area contributed by atoms with Crippen LogP contribution in [0.1, 0.15) is 38.3 Å². The number of aryl methyl sites for hydroxylation is 1. The Labute approximate surface area is 131 Å². The molecule has 2 aromatic rings. The average Bonchev–Trinajstić information content (AvgIpc) is 2.45. The van der Waals surface area contributed by atoms with Gasteiger partial charge in [0.05, 0.1) is 0 Å². The number of hydrogen-bond acceptors (Lipinski definition) is 3. The van der Waals surface area contributed by atoms with Crippen LogP contribution < -0.4 is 5.63 Å². The van der Waals surface area contributed by atoms with Crippen LogP contribution in [-0.2, 0) is 13.0 Å². The molecule has 0 unspecified atom stereocenters. The van der Waals surface area contributed by atoms with Crippen LogP contribution in [0.15, 0.2) is 33.5 Å². The maximum absolute atomic E-state index is 11.9. The molecule has 0 N–H and O–H groups in total. The lowest BCUT2D eigenvalue weighted by molar-refractivity contribution is 0.134. The molecule has 22 heavy (non-hydrogen) atoms. The molecular formula is C19H25NO2. The van der Waals surface area contributed by atoms with E-state index in [1.165, 1.54) is 12.0 Å². The van der Waals surface area contributed by atoms with Gasteiger partial charge in [-0.25, -0.2) is 4.79 Å². The van der Waals surface area contributed by atoms with Gasteiger partial charge in [-0.3, -0.25) is 4.90 Å². The summed E-state index contributed by atoms with van der Waals surface area (Å²) >= 11 is 0. The van der Waals surface area contributed by atoms with Crippen molar-refractivity contribution in [2.45, 2.75) is 40.2 Å². The van der Waals surface area contributed by atoms with Gasteiger partial charge in [0.1, 0.15) is 5.58 Å². The molecule has 0 aliphatic carbocycles. The fourth-order valence-corrected chi connectivity index (χ4v) is 3.79. The molecule has 1 saturated heterocycles. The molecule has 1 aliphatic heterocycles. The normalized spacial score (nSPS) is 23.0. The van der Waals surface area contributed by atoms with E-state index in [0.29, 0.717) is 0 Å². The van der Waals surface area contributed by atoms with E-state index in [0.717, 1.165) is 54.4 Å². The second kappa shape index (κ2) is 6.25. The standard InChI is InChI=1S/C19H25NO2/c1-4-15-5-6-17-16(9-19(21)22-18(17)8-15)12-20-10-13(2)7-14(3)11-20/h5-6,8-9,13-14H,4,7,10-12H2,1-3H3/t13-,14-/m0/s1. The molecular weight excluding hydrogens is 274 g/mol. The van der Waals surface area contributed by atoms with E-state index in [4.69, 9.17) is 4.42 Å². The SMILES string of the molecule is CCc1ccc2c(CN3C[C@@H](C)C[C@H](C)C3)cc(=O)oc2c1. The number of fused-ring (bicyclic) bond motifs is 1. The van der Waals surface area contributed by atoms with Crippen LogP contribution in [0.2, 0.25) is 0 Å². The van der Waals surface area contributed by atoms with Crippen LogP contribution in [0.25, 0.3) is 11.0 Å². The minimum Gasteiger partial charge on any atom is -0.423 e. The molecule has 3 nitrogen and oxygen atoms in total. The van der Waals surface area contributed by atoms with E-state index >= 15 is 0 Å². The van der Waals surface area contributed by atoms with Gasteiger partial charge in [0.25, 0.3) is 0 Å². The summed E-state index contributed by atoms with van der Waals surface area (Å²) in [5.74, 6) is 1.45. The highest BCUT2D eigenvalue weighted by Crippen LogP contribution is 2.25. The van der Waals surface area contributed by atoms with Gasteiger partial charge in [0.15, 0.2) is 0 Å². The monoisotopic (exact) mass is 299 g/mol. The third-order valence-electron chi connectivity index (χ3n) is 4.64. The van der Waals surface area contributed by atoms with Gasteiger partial charge in [-0.1, -0.05) is 32.9 Å². The van der Waals surface area contributed by atoms with Crippen molar-refractivity contribution in [3.8, 4) is 0 Å². The lowest BCUT2D eigenvalue weighted by Crippen LogP contribution is -2.38. The summed E-state index contributed by atoms with van der Waals surface area (Å²) in [5, 5.41) is 1.07. The molecule has 3 heteroatoms.